The zero-order valence-corrected chi connectivity index (χ0v) is 13.5. The van der Waals surface area contributed by atoms with Crippen LogP contribution in [0.2, 0.25) is 0 Å². The fourth-order valence-electron chi connectivity index (χ4n) is 2.35. The van der Waals surface area contributed by atoms with Crippen LogP contribution in [0.5, 0.6) is 0 Å². The van der Waals surface area contributed by atoms with Crippen LogP contribution in [-0.2, 0) is 0 Å². The molecule has 1 heterocycles. The number of rotatable bonds is 2. The van der Waals surface area contributed by atoms with Gasteiger partial charge in [-0.3, -0.25) is 0 Å². The van der Waals surface area contributed by atoms with Crippen molar-refractivity contribution in [3.05, 3.63) is 59.3 Å². The van der Waals surface area contributed by atoms with Crippen LogP contribution in [0.25, 0.3) is 10.9 Å². The highest BCUT2D eigenvalue weighted by Gasteiger charge is 2.05. The van der Waals surface area contributed by atoms with Crippen molar-refractivity contribution in [1.82, 2.24) is 9.97 Å². The molecule has 1 aromatic heterocycles. The third-order valence-electron chi connectivity index (χ3n) is 3.57. The minimum Gasteiger partial charge on any atom is -0.369 e. The maximum atomic E-state index is 5.95. The Labute approximate surface area is 135 Å². The second-order valence-corrected chi connectivity index (χ2v) is 5.62. The highest BCUT2D eigenvalue weighted by Crippen LogP contribution is 2.19. The number of anilines is 1. The molecule has 0 saturated carbocycles. The number of hydrogen-bond donors (Lipinski definition) is 2. The van der Waals surface area contributed by atoms with E-state index in [1.54, 1.807) is 0 Å². The summed E-state index contributed by atoms with van der Waals surface area (Å²) in [5, 5.41) is 4.08. The largest absolute Gasteiger partial charge is 0.369 e. The van der Waals surface area contributed by atoms with E-state index in [9.17, 15) is 0 Å². The zero-order chi connectivity index (χ0) is 16.4. The van der Waals surface area contributed by atoms with Gasteiger partial charge in [0.05, 0.1) is 11.2 Å². The molecule has 3 rings (SSSR count). The summed E-state index contributed by atoms with van der Waals surface area (Å²) in [6.45, 7) is 6.04. The van der Waals surface area contributed by atoms with Crippen LogP contribution in [0.15, 0.2) is 47.5 Å². The number of aliphatic imine (C=N–C) groups is 1. The van der Waals surface area contributed by atoms with Gasteiger partial charge in [-0.15, -0.1) is 0 Å². The van der Waals surface area contributed by atoms with Crippen LogP contribution >= 0.6 is 0 Å². The summed E-state index contributed by atoms with van der Waals surface area (Å²) < 4.78 is 0. The second kappa shape index (κ2) is 6.04. The van der Waals surface area contributed by atoms with E-state index >= 15 is 0 Å². The molecule has 0 fully saturated rings. The molecule has 0 bridgehead atoms. The molecule has 0 aliphatic rings. The quantitative estimate of drug-likeness (QED) is 0.560. The highest BCUT2D eigenvalue weighted by molar-refractivity contribution is 5.93. The average Bonchev–Trinajstić information content (AvgIpc) is 2.50. The van der Waals surface area contributed by atoms with Crippen LogP contribution in [0.3, 0.4) is 0 Å². The Balaban J connectivity index is 1.90. The number of benzene rings is 2. The molecule has 0 saturated heterocycles. The minimum atomic E-state index is 0.264. The van der Waals surface area contributed by atoms with Crippen molar-refractivity contribution in [2.45, 2.75) is 20.8 Å². The first-order valence-corrected chi connectivity index (χ1v) is 7.44. The molecule has 0 aliphatic heterocycles. The Morgan fingerprint density at radius 2 is 1.65 bits per heavy atom. The molecule has 0 atom stereocenters. The van der Waals surface area contributed by atoms with Gasteiger partial charge in [0.15, 0.2) is 0 Å². The molecule has 23 heavy (non-hydrogen) atoms. The van der Waals surface area contributed by atoms with Crippen molar-refractivity contribution >= 4 is 28.5 Å². The average molecular weight is 305 g/mol. The number of nitrogens with one attached hydrogen (secondary N) is 1. The molecule has 2 aromatic carbocycles. The molecular weight excluding hydrogens is 286 g/mol. The molecule has 0 radical (unpaired) electrons. The Kier molecular flexibility index (Phi) is 3.93. The van der Waals surface area contributed by atoms with Crippen molar-refractivity contribution in [3.8, 4) is 0 Å². The van der Waals surface area contributed by atoms with Crippen molar-refractivity contribution in [1.29, 1.82) is 0 Å². The van der Waals surface area contributed by atoms with E-state index in [0.29, 0.717) is 5.95 Å². The topological polar surface area (TPSA) is 76.2 Å². The SMILES string of the molecule is Cc1ccc(NC(N)=Nc2nc(C)c3cc(C)ccc3n2)cc1. The molecule has 5 nitrogen and oxygen atoms in total. The van der Waals surface area contributed by atoms with E-state index in [2.05, 4.69) is 33.3 Å². The molecule has 0 unspecified atom stereocenters. The first kappa shape index (κ1) is 15.0. The van der Waals surface area contributed by atoms with Gasteiger partial charge in [0.25, 0.3) is 5.95 Å². The maximum Gasteiger partial charge on any atom is 0.253 e. The predicted octanol–water partition coefficient (Wildman–Crippen LogP) is 3.61. The van der Waals surface area contributed by atoms with Crippen LogP contribution < -0.4 is 11.1 Å². The van der Waals surface area contributed by atoms with Gasteiger partial charge in [0, 0.05) is 11.1 Å². The summed E-state index contributed by atoms with van der Waals surface area (Å²) in [5.74, 6) is 0.621. The highest BCUT2D eigenvalue weighted by atomic mass is 15.2. The first-order valence-electron chi connectivity index (χ1n) is 7.44. The van der Waals surface area contributed by atoms with Gasteiger partial charge >= 0.3 is 0 Å². The minimum absolute atomic E-state index is 0.264. The van der Waals surface area contributed by atoms with Crippen LogP contribution in [0.1, 0.15) is 16.8 Å². The summed E-state index contributed by atoms with van der Waals surface area (Å²) in [5.41, 5.74) is 11.0. The van der Waals surface area contributed by atoms with Gasteiger partial charge < -0.3 is 11.1 Å². The fraction of sp³-hybridized carbons (Fsp3) is 0.167. The van der Waals surface area contributed by atoms with Gasteiger partial charge in [0.1, 0.15) is 0 Å². The lowest BCUT2D eigenvalue weighted by Crippen LogP contribution is -2.22. The van der Waals surface area contributed by atoms with Crippen LogP contribution in [0, 0.1) is 20.8 Å². The number of guanidine groups is 1. The Hall–Kier alpha value is -2.95. The number of nitrogens with zero attached hydrogens (tertiary/aromatic N) is 3. The Morgan fingerprint density at radius 1 is 0.957 bits per heavy atom. The molecule has 3 N–H and O–H groups in total. The smallest absolute Gasteiger partial charge is 0.253 e. The van der Waals surface area contributed by atoms with Crippen molar-refractivity contribution in [2.24, 2.45) is 10.7 Å². The number of fused-ring (bicyclic) bond motifs is 1. The van der Waals surface area contributed by atoms with Crippen LogP contribution in [-0.4, -0.2) is 15.9 Å². The first-order chi connectivity index (χ1) is 11.0. The van der Waals surface area contributed by atoms with E-state index in [0.717, 1.165) is 22.3 Å². The van der Waals surface area contributed by atoms with E-state index in [1.165, 1.54) is 11.1 Å². The van der Waals surface area contributed by atoms with Gasteiger partial charge in [-0.05, 0) is 45.0 Å². The second-order valence-electron chi connectivity index (χ2n) is 5.62. The maximum absolute atomic E-state index is 5.95. The third-order valence-corrected chi connectivity index (χ3v) is 3.57. The Bertz CT molecular complexity index is 882. The van der Waals surface area contributed by atoms with Crippen molar-refractivity contribution < 1.29 is 0 Å². The van der Waals surface area contributed by atoms with E-state index in [4.69, 9.17) is 5.73 Å². The molecule has 0 amide bonds. The molecule has 5 heteroatoms. The van der Waals surface area contributed by atoms with E-state index < -0.39 is 0 Å². The zero-order valence-electron chi connectivity index (χ0n) is 13.5. The summed E-state index contributed by atoms with van der Waals surface area (Å²) in [4.78, 5) is 13.1. The normalized spacial score (nSPS) is 11.7. The van der Waals surface area contributed by atoms with Crippen molar-refractivity contribution in [2.75, 3.05) is 5.32 Å². The molecule has 116 valence electrons. The summed E-state index contributed by atoms with van der Waals surface area (Å²) in [7, 11) is 0. The van der Waals surface area contributed by atoms with E-state index in [1.807, 2.05) is 50.2 Å². The third kappa shape index (κ3) is 3.45. The molecular formula is C18H19N5. The lowest BCUT2D eigenvalue weighted by molar-refractivity contribution is 1.12. The van der Waals surface area contributed by atoms with Crippen LogP contribution in [0.4, 0.5) is 11.6 Å². The molecule has 0 spiro atoms. The summed E-state index contributed by atoms with van der Waals surface area (Å²) in [6.07, 6.45) is 0. The number of nitrogens with two attached hydrogens (primary N) is 1. The van der Waals surface area contributed by atoms with Crippen molar-refractivity contribution in [3.63, 3.8) is 0 Å². The number of aromatic nitrogens is 2. The van der Waals surface area contributed by atoms with Gasteiger partial charge in [0.2, 0.25) is 5.96 Å². The molecule has 0 aliphatic carbocycles. The van der Waals surface area contributed by atoms with Gasteiger partial charge in [-0.1, -0.05) is 29.3 Å². The summed E-state index contributed by atoms with van der Waals surface area (Å²) >= 11 is 0. The Morgan fingerprint density at radius 3 is 2.39 bits per heavy atom. The van der Waals surface area contributed by atoms with Gasteiger partial charge in [-0.25, -0.2) is 9.97 Å². The number of hydrogen-bond acceptors (Lipinski definition) is 3. The molecule has 3 aromatic rings. The lowest BCUT2D eigenvalue weighted by Gasteiger charge is -2.07. The standard InChI is InChI=1S/C18H19N5/c1-11-4-7-14(8-5-11)21-17(19)23-18-20-13(3)15-10-12(2)6-9-16(15)22-18/h4-10H,1-3H3,(H3,19,20,21,22,23). The number of aryl methyl sites for hydroxylation is 3. The van der Waals surface area contributed by atoms with Gasteiger partial charge in [-0.2, -0.15) is 4.99 Å². The fourth-order valence-corrected chi connectivity index (χ4v) is 2.35. The van der Waals surface area contributed by atoms with E-state index in [-0.39, 0.29) is 5.96 Å². The lowest BCUT2D eigenvalue weighted by atomic mass is 10.1. The monoisotopic (exact) mass is 305 g/mol. The summed E-state index contributed by atoms with van der Waals surface area (Å²) in [6, 6.07) is 14.0. The predicted molar refractivity (Wildman–Crippen MR) is 95.1 cm³/mol.